The minimum Gasteiger partial charge on any atom is -0.748 e. The van der Waals surface area contributed by atoms with Gasteiger partial charge < -0.3 is 19.9 Å². The largest absolute Gasteiger partial charge is 0.748 e. The van der Waals surface area contributed by atoms with Crippen molar-refractivity contribution in [1.82, 2.24) is 5.32 Å². The van der Waals surface area contributed by atoms with Crippen LogP contribution in [0.3, 0.4) is 0 Å². The average Bonchev–Trinajstić information content (AvgIpc) is 3.44. The fourth-order valence-electron chi connectivity index (χ4n) is 7.50. The van der Waals surface area contributed by atoms with Gasteiger partial charge in [-0.25, -0.2) is 13.2 Å². The molecule has 2 aliphatic heterocycles. The van der Waals surface area contributed by atoms with Gasteiger partial charge in [0.1, 0.15) is 6.54 Å². The summed E-state index contributed by atoms with van der Waals surface area (Å²) < 4.78 is 127. The van der Waals surface area contributed by atoms with E-state index in [9.17, 15) is 58.4 Å². The molecule has 4 N–H and O–H groups in total. The van der Waals surface area contributed by atoms with Gasteiger partial charge >= 0.3 is 16.6 Å². The number of carboxylic acids is 1. The van der Waals surface area contributed by atoms with Crippen molar-refractivity contribution >= 4 is 75.7 Å². The lowest BCUT2D eigenvalue weighted by Gasteiger charge is -2.27. The first kappa shape index (κ1) is 52.5. The van der Waals surface area contributed by atoms with Gasteiger partial charge in [-0.15, -0.1) is 12.6 Å². The number of carboxylic acid groups (broad SMARTS) is 1. The smallest absolute Gasteiger partial charge is 0.425 e. The van der Waals surface area contributed by atoms with Crippen molar-refractivity contribution in [3.8, 4) is 0 Å². The monoisotopic (exact) mass is 933 g/mol. The Morgan fingerprint density at radius 3 is 2.03 bits per heavy atom. The Labute approximate surface area is 357 Å². The Hall–Kier alpha value is -4.65. The first-order valence-electron chi connectivity index (χ1n) is 18.3. The number of carbonyl (C=O) groups is 3. The topological polar surface area (TPSA) is 307 Å². The lowest BCUT2D eigenvalue weighted by molar-refractivity contribution is -0.437. The highest BCUT2D eigenvalue weighted by atomic mass is 32.2. The lowest BCUT2D eigenvalue weighted by Crippen LogP contribution is -2.31. The molecule has 23 heteroatoms. The number of Topliss-reactive ketones (excluding diaryl/α,β-unsaturated/α-hetero) is 1. The van der Waals surface area contributed by atoms with E-state index >= 15 is 0 Å². The Morgan fingerprint density at radius 1 is 0.885 bits per heavy atom. The fourth-order valence-corrected chi connectivity index (χ4v) is 8.84. The predicted molar refractivity (Wildman–Crippen MR) is 225 cm³/mol. The highest BCUT2D eigenvalue weighted by Crippen LogP contribution is 2.50. The minimum absolute atomic E-state index is 0. The van der Waals surface area contributed by atoms with E-state index in [0.29, 0.717) is 40.3 Å². The van der Waals surface area contributed by atoms with Crippen LogP contribution in [-0.2, 0) is 51.8 Å². The molecule has 0 saturated heterocycles. The Balaban J connectivity index is 0.00000245. The third-order valence-electron chi connectivity index (χ3n) is 9.84. The zero-order valence-electron chi connectivity index (χ0n) is 33.4. The van der Waals surface area contributed by atoms with Crippen molar-refractivity contribution < 1.29 is 75.6 Å². The average molecular weight is 934 g/mol. The van der Waals surface area contributed by atoms with Crippen molar-refractivity contribution in [3.63, 3.8) is 0 Å². The van der Waals surface area contributed by atoms with Crippen LogP contribution < -0.4 is 10.2 Å². The zero-order valence-corrected chi connectivity index (χ0v) is 36.6. The summed E-state index contributed by atoms with van der Waals surface area (Å²) in [5, 5.41) is 12.5. The maximum Gasteiger partial charge on any atom is 0.425 e. The van der Waals surface area contributed by atoms with Gasteiger partial charge in [-0.05, 0) is 51.0 Å². The van der Waals surface area contributed by atoms with E-state index in [1.165, 1.54) is 12.1 Å². The van der Waals surface area contributed by atoms with E-state index in [1.54, 1.807) is 66.7 Å². The van der Waals surface area contributed by atoms with Crippen LogP contribution in [-0.4, -0.2) is 121 Å². The standard InChI is InChI=1S/C37H47N3O13S3.CH4.O3S/c1-6-11-29(41)24-22-26(34(42)38-16-21-56(51,52)53)33-28(23-24)40(18-10-20-55(48,49)50)31(37(33,4)5)15-8-14-30-36(2,3)32-25(35(43)44)12-7-13-27(32)39(30)17-9-19-54(45,46)47;;1-4(2)3/h7-8,12-15,22-23H,6,9-11,16-21H2,1-5H3,(H4-,38,42,43,44,45,46,47,48,49,50,51,52,53);1H4;. The van der Waals surface area contributed by atoms with Gasteiger partial charge in [-0.2, -0.15) is 21.4 Å². The number of benzene rings is 2. The Kier molecular flexibility index (Phi) is 17.6. The van der Waals surface area contributed by atoms with Crippen molar-refractivity contribution in [2.45, 2.75) is 78.6 Å². The predicted octanol–water partition coefficient (Wildman–Crippen LogP) is 3.44. The lowest BCUT2D eigenvalue weighted by atomic mass is 9.78. The van der Waals surface area contributed by atoms with Gasteiger partial charge in [0.25, 0.3) is 26.1 Å². The van der Waals surface area contributed by atoms with Crippen molar-refractivity contribution in [2.75, 3.05) is 41.8 Å². The molecule has 2 aromatic rings. The highest BCUT2D eigenvalue weighted by Gasteiger charge is 2.47. The maximum atomic E-state index is 13.7. The molecular weight excluding hydrogens is 883 g/mol. The maximum absolute atomic E-state index is 13.7. The number of hydrogen-bond acceptors (Lipinski definition) is 14. The number of anilines is 1. The first-order chi connectivity index (χ1) is 27.5. The Morgan fingerprint density at radius 2 is 1.49 bits per heavy atom. The summed E-state index contributed by atoms with van der Waals surface area (Å²) in [6, 6.07) is 7.78. The van der Waals surface area contributed by atoms with Gasteiger partial charge in [0.2, 0.25) is 5.69 Å². The Bertz CT molecular complexity index is 2590. The van der Waals surface area contributed by atoms with Gasteiger partial charge in [0.15, 0.2) is 11.5 Å². The van der Waals surface area contributed by atoms with Crippen LogP contribution in [0.4, 0.5) is 11.4 Å². The molecule has 0 aliphatic carbocycles. The number of carbonyl (C=O) groups excluding carboxylic acids is 2. The number of nitrogens with one attached hydrogen (secondary N) is 1. The summed E-state index contributed by atoms with van der Waals surface area (Å²) in [6.07, 6.45) is 5.64. The SMILES string of the molecule is C.CCCC(=O)c1cc(C(=O)NCCS(=O)(=O)O)c2c(c1)N(CCCS(=O)(=O)[O-])C(=CC=CC1=[N+](CCCS(=O)(=O)O)c3cccc(C(=O)O)c3C1(C)C)C2(C)C.O=S(=O)=O. The van der Waals surface area contributed by atoms with Gasteiger partial charge in [0, 0.05) is 77.3 Å². The number of rotatable bonds is 18. The molecule has 0 unspecified atom stereocenters. The molecule has 1 amide bonds. The molecule has 0 saturated carbocycles. The fraction of sp³-hybridized carbons (Fsp3) is 0.474. The van der Waals surface area contributed by atoms with Crippen LogP contribution in [0.5, 0.6) is 0 Å². The summed E-state index contributed by atoms with van der Waals surface area (Å²) in [6.45, 7) is 8.68. The van der Waals surface area contributed by atoms with Gasteiger partial charge in [-0.1, -0.05) is 40.3 Å². The number of allylic oxidation sites excluding steroid dienone is 4. The van der Waals surface area contributed by atoms with Crippen molar-refractivity contribution in [3.05, 3.63) is 82.1 Å². The van der Waals surface area contributed by atoms with Crippen LogP contribution in [0.15, 0.2) is 54.3 Å². The first-order valence-corrected chi connectivity index (χ1v) is 24.1. The van der Waals surface area contributed by atoms with E-state index in [2.05, 4.69) is 5.32 Å². The summed E-state index contributed by atoms with van der Waals surface area (Å²) in [5.41, 5.74) is 1.29. The zero-order chi connectivity index (χ0) is 45.6. The van der Waals surface area contributed by atoms with Crippen LogP contribution >= 0.6 is 0 Å². The molecule has 61 heavy (non-hydrogen) atoms. The number of nitrogens with zero attached hydrogens (tertiary/aromatic N) is 2. The molecule has 0 radical (unpaired) electrons. The molecule has 0 fully saturated rings. The molecule has 2 heterocycles. The van der Waals surface area contributed by atoms with E-state index in [0.717, 1.165) is 0 Å². The quantitative estimate of drug-likeness (QED) is 0.0945. The number of aromatic carboxylic acids is 1. The van der Waals surface area contributed by atoms with E-state index in [-0.39, 0.29) is 62.3 Å². The summed E-state index contributed by atoms with van der Waals surface area (Å²) in [7, 11) is -16.4. The van der Waals surface area contributed by atoms with Crippen LogP contribution in [0, 0.1) is 0 Å². The number of ketones is 1. The van der Waals surface area contributed by atoms with Crippen molar-refractivity contribution in [1.29, 1.82) is 0 Å². The number of fused-ring (bicyclic) bond motifs is 2. The summed E-state index contributed by atoms with van der Waals surface area (Å²) in [5.74, 6) is -4.16. The normalized spacial score (nSPS) is 16.1. The van der Waals surface area contributed by atoms with Gasteiger partial charge in [-0.3, -0.25) is 18.7 Å². The molecule has 4 rings (SSSR count). The molecule has 0 aromatic heterocycles. The second-order valence-corrected chi connectivity index (χ2v) is 20.0. The molecular formula is C38H51N3O16S4. The summed E-state index contributed by atoms with van der Waals surface area (Å²) in [4.78, 5) is 41.0. The van der Waals surface area contributed by atoms with E-state index in [4.69, 9.17) is 12.6 Å². The molecule has 338 valence electrons. The number of hydrogen-bond donors (Lipinski definition) is 4. The molecule has 0 atom stereocenters. The van der Waals surface area contributed by atoms with E-state index < -0.39 is 87.5 Å². The summed E-state index contributed by atoms with van der Waals surface area (Å²) >= 11 is 0. The highest BCUT2D eigenvalue weighted by molar-refractivity contribution is 7.86. The third kappa shape index (κ3) is 13.7. The molecule has 19 nitrogen and oxygen atoms in total. The van der Waals surface area contributed by atoms with Gasteiger partial charge in [0.05, 0.1) is 38.2 Å². The van der Waals surface area contributed by atoms with Crippen LogP contribution in [0.1, 0.15) is 110 Å². The molecule has 0 bridgehead atoms. The minimum atomic E-state index is -4.61. The van der Waals surface area contributed by atoms with Crippen LogP contribution in [0.25, 0.3) is 0 Å². The molecule has 2 aliphatic rings. The van der Waals surface area contributed by atoms with Crippen molar-refractivity contribution in [2.24, 2.45) is 0 Å². The van der Waals surface area contributed by atoms with E-state index in [1.807, 2.05) is 13.8 Å². The number of amides is 1. The second kappa shape index (κ2) is 20.5. The third-order valence-corrected chi connectivity index (χ3v) is 12.2. The molecule has 0 spiro atoms. The van der Waals surface area contributed by atoms with Crippen LogP contribution in [0.2, 0.25) is 0 Å². The second-order valence-electron chi connectivity index (χ2n) is 14.9. The molecule has 2 aromatic carbocycles.